The Morgan fingerprint density at radius 1 is 0.964 bits per heavy atom. The normalized spacial score (nSPS) is 13.0. The van der Waals surface area contributed by atoms with Gasteiger partial charge in [-0.2, -0.15) is 0 Å². The third-order valence-electron chi connectivity index (χ3n) is 3.93. The van der Waals surface area contributed by atoms with E-state index in [0.717, 1.165) is 16.9 Å². The van der Waals surface area contributed by atoms with Gasteiger partial charge >= 0.3 is 7.60 Å². The molecule has 0 fully saturated rings. The standard InChI is InChI=1S/C21H32N3O3P/c1-15(2)26-28(25,27-16(3)4)21(23-20-10-8-9-17(5)22-20)18-11-13-19(14-12-18)24(6)7/h8-16,21H,1-7H3,(H,22,23). The van der Waals surface area contributed by atoms with Gasteiger partial charge in [-0.25, -0.2) is 4.98 Å². The van der Waals surface area contributed by atoms with E-state index in [2.05, 4.69) is 10.3 Å². The second kappa shape index (κ2) is 9.55. The first-order valence-corrected chi connectivity index (χ1v) is 11.2. The van der Waals surface area contributed by atoms with Gasteiger partial charge in [-0.3, -0.25) is 4.57 Å². The number of anilines is 2. The van der Waals surface area contributed by atoms with E-state index in [9.17, 15) is 4.57 Å². The van der Waals surface area contributed by atoms with Gasteiger partial charge in [-0.15, -0.1) is 0 Å². The zero-order valence-electron chi connectivity index (χ0n) is 17.8. The smallest absolute Gasteiger partial charge is 0.357 e. The summed E-state index contributed by atoms with van der Waals surface area (Å²) in [5, 5.41) is 3.30. The molecule has 2 aromatic rings. The summed E-state index contributed by atoms with van der Waals surface area (Å²) in [5.74, 6) is -0.0514. The number of rotatable bonds is 9. The third-order valence-corrected chi connectivity index (χ3v) is 6.42. The second-order valence-corrected chi connectivity index (χ2v) is 9.56. The quantitative estimate of drug-likeness (QED) is 0.547. The van der Waals surface area contributed by atoms with Crippen LogP contribution in [0.1, 0.15) is 44.7 Å². The molecule has 154 valence electrons. The van der Waals surface area contributed by atoms with Crippen LogP contribution in [0.3, 0.4) is 0 Å². The van der Waals surface area contributed by atoms with Gasteiger partial charge in [-0.05, 0) is 64.4 Å². The minimum absolute atomic E-state index is 0.250. The average molecular weight is 405 g/mol. The molecule has 1 atom stereocenters. The number of aryl methyl sites for hydroxylation is 1. The molecular weight excluding hydrogens is 373 g/mol. The lowest BCUT2D eigenvalue weighted by Crippen LogP contribution is -2.20. The van der Waals surface area contributed by atoms with E-state index in [1.807, 2.05) is 96.1 Å². The van der Waals surface area contributed by atoms with Crippen molar-refractivity contribution in [2.24, 2.45) is 0 Å². The molecule has 7 heteroatoms. The van der Waals surface area contributed by atoms with Crippen LogP contribution in [0.4, 0.5) is 11.5 Å². The molecule has 0 aliphatic carbocycles. The summed E-state index contributed by atoms with van der Waals surface area (Å²) < 4.78 is 25.7. The number of hydrogen-bond acceptors (Lipinski definition) is 6. The minimum atomic E-state index is -3.55. The van der Waals surface area contributed by atoms with E-state index in [1.165, 1.54) is 0 Å². The topological polar surface area (TPSA) is 63.7 Å². The molecule has 0 bridgehead atoms. The highest BCUT2D eigenvalue weighted by Crippen LogP contribution is 2.62. The minimum Gasteiger partial charge on any atom is -0.378 e. The number of aromatic nitrogens is 1. The third kappa shape index (κ3) is 6.06. The van der Waals surface area contributed by atoms with E-state index in [0.29, 0.717) is 5.82 Å². The second-order valence-electron chi connectivity index (χ2n) is 7.55. The number of hydrogen-bond donors (Lipinski definition) is 1. The highest BCUT2D eigenvalue weighted by molar-refractivity contribution is 7.54. The van der Waals surface area contributed by atoms with Crippen LogP contribution in [-0.4, -0.2) is 31.3 Å². The summed E-state index contributed by atoms with van der Waals surface area (Å²) in [5.41, 5.74) is 2.75. The van der Waals surface area contributed by atoms with E-state index in [-0.39, 0.29) is 12.2 Å². The van der Waals surface area contributed by atoms with Crippen molar-refractivity contribution in [1.82, 2.24) is 4.98 Å². The van der Waals surface area contributed by atoms with Crippen molar-refractivity contribution in [3.63, 3.8) is 0 Å². The SMILES string of the molecule is Cc1cccc(NC(c2ccc(N(C)C)cc2)P(=O)(OC(C)C)OC(C)C)n1. The monoisotopic (exact) mass is 405 g/mol. The highest BCUT2D eigenvalue weighted by atomic mass is 31.2. The lowest BCUT2D eigenvalue weighted by atomic mass is 10.2. The van der Waals surface area contributed by atoms with Crippen LogP contribution in [0.5, 0.6) is 0 Å². The molecule has 1 heterocycles. The molecule has 1 aromatic carbocycles. The number of nitrogens with one attached hydrogen (secondary N) is 1. The van der Waals surface area contributed by atoms with E-state index >= 15 is 0 Å². The van der Waals surface area contributed by atoms with Crippen LogP contribution in [0.25, 0.3) is 0 Å². The summed E-state index contributed by atoms with van der Waals surface area (Å²) >= 11 is 0. The maximum Gasteiger partial charge on any atom is 0.357 e. The maximum atomic E-state index is 13.9. The largest absolute Gasteiger partial charge is 0.378 e. The molecule has 0 amide bonds. The Balaban J connectivity index is 2.50. The molecule has 0 aliphatic heterocycles. The molecule has 0 aliphatic rings. The molecule has 6 nitrogen and oxygen atoms in total. The Hall–Kier alpha value is -1.88. The van der Waals surface area contributed by atoms with Crippen molar-refractivity contribution in [3.05, 3.63) is 53.7 Å². The molecule has 28 heavy (non-hydrogen) atoms. The summed E-state index contributed by atoms with van der Waals surface area (Å²) in [6.07, 6.45) is -0.499. The first-order chi connectivity index (χ1) is 13.1. The van der Waals surface area contributed by atoms with Gasteiger partial charge < -0.3 is 19.3 Å². The number of benzene rings is 1. The molecule has 1 N–H and O–H groups in total. The molecule has 1 unspecified atom stereocenters. The van der Waals surface area contributed by atoms with Crippen molar-refractivity contribution >= 4 is 19.1 Å². The van der Waals surface area contributed by atoms with Crippen molar-refractivity contribution in [1.29, 1.82) is 0 Å². The number of nitrogens with zero attached hydrogens (tertiary/aromatic N) is 2. The van der Waals surface area contributed by atoms with Gasteiger partial charge in [0.15, 0.2) is 5.78 Å². The van der Waals surface area contributed by atoms with Crippen LogP contribution in [0, 0.1) is 6.92 Å². The summed E-state index contributed by atoms with van der Waals surface area (Å²) in [6.45, 7) is 9.34. The van der Waals surface area contributed by atoms with Crippen molar-refractivity contribution in [2.45, 2.75) is 52.6 Å². The first kappa shape index (κ1) is 22.4. The van der Waals surface area contributed by atoms with Crippen LogP contribution in [-0.2, 0) is 13.6 Å². The van der Waals surface area contributed by atoms with Gasteiger partial charge in [0.05, 0.1) is 12.2 Å². The molecule has 0 saturated carbocycles. The molecule has 0 radical (unpaired) electrons. The Kier molecular flexibility index (Phi) is 7.64. The van der Waals surface area contributed by atoms with Crippen LogP contribution < -0.4 is 10.2 Å². The van der Waals surface area contributed by atoms with Crippen molar-refractivity contribution in [3.8, 4) is 0 Å². The van der Waals surface area contributed by atoms with E-state index < -0.39 is 13.4 Å². The first-order valence-electron chi connectivity index (χ1n) is 9.54. The van der Waals surface area contributed by atoms with Gasteiger partial charge in [0.25, 0.3) is 0 Å². The van der Waals surface area contributed by atoms with Crippen LogP contribution >= 0.6 is 7.60 Å². The lowest BCUT2D eigenvalue weighted by molar-refractivity contribution is 0.138. The van der Waals surface area contributed by atoms with Gasteiger partial charge in [0.1, 0.15) is 5.82 Å². The Bertz CT molecular complexity index is 793. The van der Waals surface area contributed by atoms with E-state index in [1.54, 1.807) is 0 Å². The van der Waals surface area contributed by atoms with Crippen molar-refractivity contribution < 1.29 is 13.6 Å². The van der Waals surface area contributed by atoms with Crippen LogP contribution in [0.15, 0.2) is 42.5 Å². The lowest BCUT2D eigenvalue weighted by Gasteiger charge is -2.31. The predicted octanol–water partition coefficient (Wildman–Crippen LogP) is 5.61. The number of pyridine rings is 1. The predicted molar refractivity (Wildman–Crippen MR) is 116 cm³/mol. The van der Waals surface area contributed by atoms with Crippen molar-refractivity contribution in [2.75, 3.05) is 24.3 Å². The molecular formula is C21H32N3O3P. The average Bonchev–Trinajstić information content (AvgIpc) is 2.58. The molecule has 0 spiro atoms. The van der Waals surface area contributed by atoms with Gasteiger partial charge in [0.2, 0.25) is 0 Å². The van der Waals surface area contributed by atoms with E-state index in [4.69, 9.17) is 9.05 Å². The Morgan fingerprint density at radius 2 is 1.54 bits per heavy atom. The fraction of sp³-hybridized carbons (Fsp3) is 0.476. The zero-order valence-corrected chi connectivity index (χ0v) is 18.7. The molecule has 2 rings (SSSR count). The molecule has 1 aromatic heterocycles. The fourth-order valence-corrected chi connectivity index (χ4v) is 5.09. The Morgan fingerprint density at radius 3 is 2.00 bits per heavy atom. The summed E-state index contributed by atoms with van der Waals surface area (Å²) in [6, 6.07) is 13.6. The zero-order chi connectivity index (χ0) is 20.9. The fourth-order valence-electron chi connectivity index (χ4n) is 2.80. The van der Waals surface area contributed by atoms with Gasteiger partial charge in [0, 0.05) is 25.5 Å². The highest BCUT2D eigenvalue weighted by Gasteiger charge is 2.39. The molecule has 0 saturated heterocycles. The van der Waals surface area contributed by atoms with Gasteiger partial charge in [-0.1, -0.05) is 18.2 Å². The van der Waals surface area contributed by atoms with Crippen LogP contribution in [0.2, 0.25) is 0 Å². The summed E-state index contributed by atoms with van der Waals surface area (Å²) in [7, 11) is 0.417. The summed E-state index contributed by atoms with van der Waals surface area (Å²) in [4.78, 5) is 6.52. The Labute approximate surface area is 168 Å². The maximum absolute atomic E-state index is 13.9.